The highest BCUT2D eigenvalue weighted by Gasteiger charge is 2.23. The first-order chi connectivity index (χ1) is 9.26. The summed E-state index contributed by atoms with van der Waals surface area (Å²) in [6.45, 7) is 1.30. The van der Waals surface area contributed by atoms with Crippen molar-refractivity contribution in [2.24, 2.45) is 0 Å². The first kappa shape index (κ1) is 11.8. The Balaban J connectivity index is 1.98. The highest BCUT2D eigenvalue weighted by molar-refractivity contribution is 5.40. The molecule has 3 heterocycles. The first-order valence-corrected chi connectivity index (χ1v) is 6.11. The molecule has 0 bridgehead atoms. The fourth-order valence-corrected chi connectivity index (χ4v) is 2.02. The van der Waals surface area contributed by atoms with Gasteiger partial charge in [-0.05, 0) is 6.42 Å². The van der Waals surface area contributed by atoms with Gasteiger partial charge in [0.2, 0.25) is 17.8 Å². The SMILES string of the molecule is CNc1nc(N2CCC(O)C2)nc(-n2ccnc2)n1. The fourth-order valence-electron chi connectivity index (χ4n) is 2.02. The number of aromatic nitrogens is 5. The van der Waals surface area contributed by atoms with E-state index in [1.807, 2.05) is 4.90 Å². The Kier molecular flexibility index (Phi) is 3.00. The van der Waals surface area contributed by atoms with Gasteiger partial charge < -0.3 is 15.3 Å². The van der Waals surface area contributed by atoms with E-state index in [1.165, 1.54) is 0 Å². The summed E-state index contributed by atoms with van der Waals surface area (Å²) >= 11 is 0. The summed E-state index contributed by atoms with van der Waals surface area (Å²) < 4.78 is 1.72. The maximum atomic E-state index is 9.60. The Bertz CT molecular complexity index is 556. The van der Waals surface area contributed by atoms with Gasteiger partial charge >= 0.3 is 0 Å². The number of rotatable bonds is 3. The van der Waals surface area contributed by atoms with Crippen LogP contribution in [-0.2, 0) is 0 Å². The molecule has 1 aliphatic heterocycles. The summed E-state index contributed by atoms with van der Waals surface area (Å²) in [6.07, 6.45) is 5.50. The predicted octanol–water partition coefficient (Wildman–Crippen LogP) is -0.330. The van der Waals surface area contributed by atoms with Crippen LogP contribution in [0, 0.1) is 0 Å². The minimum Gasteiger partial charge on any atom is -0.391 e. The molecule has 100 valence electrons. The average molecular weight is 261 g/mol. The Morgan fingerprint density at radius 2 is 2.16 bits per heavy atom. The molecule has 1 atom stereocenters. The van der Waals surface area contributed by atoms with E-state index in [2.05, 4.69) is 25.3 Å². The van der Waals surface area contributed by atoms with Crippen LogP contribution >= 0.6 is 0 Å². The third-order valence-electron chi connectivity index (χ3n) is 3.02. The van der Waals surface area contributed by atoms with Crippen molar-refractivity contribution < 1.29 is 5.11 Å². The van der Waals surface area contributed by atoms with Crippen molar-refractivity contribution in [3.05, 3.63) is 18.7 Å². The topological polar surface area (TPSA) is 92.0 Å². The number of β-amino-alcohol motifs (C(OH)–C–C–N with tert-alkyl or cyclic N) is 1. The lowest BCUT2D eigenvalue weighted by Crippen LogP contribution is -2.24. The summed E-state index contributed by atoms with van der Waals surface area (Å²) in [5, 5.41) is 12.5. The standard InChI is InChI=1S/C11H15N7O/c1-12-9-14-10(17-4-2-8(19)6-17)16-11(15-9)18-5-3-13-7-18/h3,5,7-8,19H,2,4,6H2,1H3,(H,12,14,15,16). The largest absolute Gasteiger partial charge is 0.391 e. The molecule has 8 heteroatoms. The molecule has 2 aromatic heterocycles. The Labute approximate surface area is 110 Å². The van der Waals surface area contributed by atoms with Gasteiger partial charge in [0.15, 0.2) is 0 Å². The molecule has 1 aliphatic rings. The number of hydrogen-bond donors (Lipinski definition) is 2. The molecule has 19 heavy (non-hydrogen) atoms. The van der Waals surface area contributed by atoms with Crippen LogP contribution in [0.5, 0.6) is 0 Å². The smallest absolute Gasteiger partial charge is 0.241 e. The second kappa shape index (κ2) is 4.81. The van der Waals surface area contributed by atoms with Crippen molar-refractivity contribution in [3.8, 4) is 5.95 Å². The van der Waals surface area contributed by atoms with Crippen LogP contribution in [0.4, 0.5) is 11.9 Å². The summed E-state index contributed by atoms with van der Waals surface area (Å²) in [7, 11) is 1.76. The van der Waals surface area contributed by atoms with Gasteiger partial charge in [0.1, 0.15) is 6.33 Å². The molecule has 1 unspecified atom stereocenters. The van der Waals surface area contributed by atoms with E-state index in [-0.39, 0.29) is 6.10 Å². The third-order valence-corrected chi connectivity index (χ3v) is 3.02. The lowest BCUT2D eigenvalue weighted by Gasteiger charge is -2.16. The van der Waals surface area contributed by atoms with Crippen LogP contribution in [-0.4, -0.2) is 55.9 Å². The average Bonchev–Trinajstić information content (AvgIpc) is 3.09. The van der Waals surface area contributed by atoms with Crippen LogP contribution < -0.4 is 10.2 Å². The fraction of sp³-hybridized carbons (Fsp3) is 0.455. The maximum Gasteiger partial charge on any atom is 0.241 e. The second-order valence-corrected chi connectivity index (χ2v) is 4.37. The summed E-state index contributed by atoms with van der Waals surface area (Å²) in [5.74, 6) is 1.57. The quantitative estimate of drug-likeness (QED) is 0.781. The van der Waals surface area contributed by atoms with E-state index in [9.17, 15) is 5.11 Å². The molecule has 8 nitrogen and oxygen atoms in total. The molecule has 1 fully saturated rings. The lowest BCUT2D eigenvalue weighted by atomic mass is 10.3. The summed E-state index contributed by atoms with van der Waals surface area (Å²) in [5.41, 5.74) is 0. The molecular formula is C11H15N7O. The molecule has 0 saturated carbocycles. The van der Waals surface area contributed by atoms with Crippen molar-refractivity contribution >= 4 is 11.9 Å². The van der Waals surface area contributed by atoms with Crippen molar-refractivity contribution in [2.45, 2.75) is 12.5 Å². The van der Waals surface area contributed by atoms with Crippen LogP contribution in [0.2, 0.25) is 0 Å². The number of hydrogen-bond acceptors (Lipinski definition) is 7. The Morgan fingerprint density at radius 1 is 1.32 bits per heavy atom. The van der Waals surface area contributed by atoms with Gasteiger partial charge in [-0.15, -0.1) is 0 Å². The number of nitrogens with one attached hydrogen (secondary N) is 1. The van der Waals surface area contributed by atoms with Crippen molar-refractivity contribution in [2.75, 3.05) is 30.4 Å². The van der Waals surface area contributed by atoms with E-state index in [4.69, 9.17) is 0 Å². The number of aliphatic hydroxyl groups excluding tert-OH is 1. The van der Waals surface area contributed by atoms with Gasteiger partial charge in [0.25, 0.3) is 0 Å². The van der Waals surface area contributed by atoms with E-state index in [0.29, 0.717) is 24.4 Å². The van der Waals surface area contributed by atoms with Crippen LogP contribution in [0.25, 0.3) is 5.95 Å². The van der Waals surface area contributed by atoms with Crippen LogP contribution in [0.15, 0.2) is 18.7 Å². The molecular weight excluding hydrogens is 246 g/mol. The lowest BCUT2D eigenvalue weighted by molar-refractivity contribution is 0.198. The van der Waals surface area contributed by atoms with Gasteiger partial charge in [-0.25, -0.2) is 4.98 Å². The van der Waals surface area contributed by atoms with Gasteiger partial charge in [0, 0.05) is 32.5 Å². The monoisotopic (exact) mass is 261 g/mol. The van der Waals surface area contributed by atoms with Crippen molar-refractivity contribution in [3.63, 3.8) is 0 Å². The highest BCUT2D eigenvalue weighted by atomic mass is 16.3. The Morgan fingerprint density at radius 3 is 2.79 bits per heavy atom. The zero-order chi connectivity index (χ0) is 13.2. The number of anilines is 2. The molecule has 2 aromatic rings. The zero-order valence-electron chi connectivity index (χ0n) is 10.6. The van der Waals surface area contributed by atoms with Crippen LogP contribution in [0.1, 0.15) is 6.42 Å². The highest BCUT2D eigenvalue weighted by Crippen LogP contribution is 2.18. The number of aliphatic hydroxyl groups is 1. The first-order valence-electron chi connectivity index (χ1n) is 6.11. The van der Waals surface area contributed by atoms with Gasteiger partial charge in [-0.3, -0.25) is 4.57 Å². The van der Waals surface area contributed by atoms with Gasteiger partial charge in [0.05, 0.1) is 6.10 Å². The van der Waals surface area contributed by atoms with Crippen LogP contribution in [0.3, 0.4) is 0 Å². The molecule has 0 aliphatic carbocycles. The number of nitrogens with zero attached hydrogens (tertiary/aromatic N) is 6. The van der Waals surface area contributed by atoms with E-state index in [0.717, 1.165) is 13.0 Å². The minimum atomic E-state index is -0.313. The third kappa shape index (κ3) is 2.34. The van der Waals surface area contributed by atoms with Gasteiger partial charge in [-0.1, -0.05) is 0 Å². The molecule has 0 spiro atoms. The Hall–Kier alpha value is -2.22. The van der Waals surface area contributed by atoms with Crippen molar-refractivity contribution in [1.29, 1.82) is 0 Å². The zero-order valence-corrected chi connectivity index (χ0v) is 10.6. The molecule has 0 amide bonds. The predicted molar refractivity (Wildman–Crippen MR) is 69.3 cm³/mol. The molecule has 0 aromatic carbocycles. The van der Waals surface area contributed by atoms with Gasteiger partial charge in [-0.2, -0.15) is 15.0 Å². The summed E-state index contributed by atoms with van der Waals surface area (Å²) in [4.78, 5) is 19.0. The molecule has 2 N–H and O–H groups in total. The molecule has 3 rings (SSSR count). The second-order valence-electron chi connectivity index (χ2n) is 4.37. The molecule has 0 radical (unpaired) electrons. The summed E-state index contributed by atoms with van der Waals surface area (Å²) in [6, 6.07) is 0. The normalized spacial score (nSPS) is 18.8. The van der Waals surface area contributed by atoms with E-state index in [1.54, 1.807) is 30.3 Å². The number of imidazole rings is 1. The minimum absolute atomic E-state index is 0.313. The maximum absolute atomic E-state index is 9.60. The van der Waals surface area contributed by atoms with E-state index < -0.39 is 0 Å². The molecule has 1 saturated heterocycles. The van der Waals surface area contributed by atoms with E-state index >= 15 is 0 Å². The van der Waals surface area contributed by atoms with Crippen molar-refractivity contribution in [1.82, 2.24) is 24.5 Å².